The normalized spacial score (nSPS) is 33.8. The van der Waals surface area contributed by atoms with Crippen LogP contribution in [0.3, 0.4) is 0 Å². The maximum Gasteiger partial charge on any atom is 0.313 e. The molecule has 0 radical (unpaired) electrons. The van der Waals surface area contributed by atoms with Crippen molar-refractivity contribution >= 4 is 23.5 Å². The summed E-state index contributed by atoms with van der Waals surface area (Å²) in [5, 5.41) is 10.5. The molecular weight excluding hydrogens is 508 g/mol. The minimum absolute atomic E-state index is 0.133. The van der Waals surface area contributed by atoms with Crippen molar-refractivity contribution < 1.29 is 29.0 Å². The van der Waals surface area contributed by atoms with E-state index in [1.807, 2.05) is 77.1 Å². The minimum Gasteiger partial charge on any atom is -0.465 e. The van der Waals surface area contributed by atoms with E-state index in [1.165, 1.54) is 4.90 Å². The number of carbonyl (C=O) groups excluding carboxylic acids is 3. The number of allylic oxidation sites excluding steroid dienone is 1. The maximum atomic E-state index is 14.7. The van der Waals surface area contributed by atoms with E-state index >= 15 is 0 Å². The molecule has 1 spiro atoms. The molecule has 6 atom stereocenters. The molecule has 0 aliphatic carbocycles. The van der Waals surface area contributed by atoms with Crippen LogP contribution in [-0.4, -0.2) is 70.8 Å². The lowest BCUT2D eigenvalue weighted by Crippen LogP contribution is -2.60. The molecule has 4 heterocycles. The van der Waals surface area contributed by atoms with Gasteiger partial charge in [-0.25, -0.2) is 0 Å². The summed E-state index contributed by atoms with van der Waals surface area (Å²) in [6, 6.07) is 4.30. The number of ether oxygens (including phenoxy) is 2. The molecular formula is C32H42N2O6. The van der Waals surface area contributed by atoms with E-state index in [0.29, 0.717) is 13.0 Å². The highest BCUT2D eigenvalue weighted by molar-refractivity contribution is 6.06. The Labute approximate surface area is 237 Å². The molecule has 0 saturated carbocycles. The second-order valence-corrected chi connectivity index (χ2v) is 12.1. The Morgan fingerprint density at radius 3 is 2.52 bits per heavy atom. The largest absolute Gasteiger partial charge is 0.465 e. The van der Waals surface area contributed by atoms with Gasteiger partial charge in [-0.3, -0.25) is 14.4 Å². The SMILES string of the molecule is CC[C@@]12/C=C\CCCCOC(=O)[C@@H]1[C@H]1C(=O)N([C@@H](CO)C(C)C)C3C(=O)N(c4cc(C)ccc4C)CC=C[C@@]31O2. The first-order valence-corrected chi connectivity index (χ1v) is 14.7. The second-order valence-electron chi connectivity index (χ2n) is 12.1. The summed E-state index contributed by atoms with van der Waals surface area (Å²) in [5.41, 5.74) is 0.251. The van der Waals surface area contributed by atoms with Crippen LogP contribution in [0.5, 0.6) is 0 Å². The Hall–Kier alpha value is -2.97. The number of anilines is 1. The second kappa shape index (κ2) is 10.8. The van der Waals surface area contributed by atoms with Crippen molar-refractivity contribution in [2.75, 3.05) is 24.7 Å². The van der Waals surface area contributed by atoms with E-state index < -0.39 is 41.1 Å². The molecule has 0 bridgehead atoms. The summed E-state index contributed by atoms with van der Waals surface area (Å²) < 4.78 is 12.8. The van der Waals surface area contributed by atoms with E-state index in [0.717, 1.165) is 36.1 Å². The summed E-state index contributed by atoms with van der Waals surface area (Å²) in [7, 11) is 0. The zero-order valence-electron chi connectivity index (χ0n) is 24.3. The quantitative estimate of drug-likeness (QED) is 0.442. The van der Waals surface area contributed by atoms with E-state index in [-0.39, 0.29) is 30.9 Å². The lowest BCUT2D eigenvalue weighted by molar-refractivity contribution is -0.162. The topological polar surface area (TPSA) is 96.4 Å². The summed E-state index contributed by atoms with van der Waals surface area (Å²) in [5.74, 6) is -3.09. The maximum absolute atomic E-state index is 14.7. The average molecular weight is 551 g/mol. The number of amides is 2. The van der Waals surface area contributed by atoms with Gasteiger partial charge in [0.15, 0.2) is 0 Å². The summed E-state index contributed by atoms with van der Waals surface area (Å²) in [6.07, 6.45) is 10.6. The average Bonchev–Trinajstić information content (AvgIpc) is 3.28. The van der Waals surface area contributed by atoms with Crippen LogP contribution >= 0.6 is 0 Å². The van der Waals surface area contributed by atoms with Crippen molar-refractivity contribution in [2.24, 2.45) is 17.8 Å². The fourth-order valence-electron chi connectivity index (χ4n) is 7.18. The van der Waals surface area contributed by atoms with Crippen LogP contribution in [0.15, 0.2) is 42.5 Å². The van der Waals surface area contributed by atoms with Crippen molar-refractivity contribution in [3.8, 4) is 0 Å². The Morgan fingerprint density at radius 2 is 1.82 bits per heavy atom. The first-order valence-electron chi connectivity index (χ1n) is 14.7. The van der Waals surface area contributed by atoms with Crippen molar-refractivity contribution in [2.45, 2.75) is 83.6 Å². The smallest absolute Gasteiger partial charge is 0.313 e. The van der Waals surface area contributed by atoms with Crippen molar-refractivity contribution in [1.82, 2.24) is 4.90 Å². The molecule has 2 saturated heterocycles. The third kappa shape index (κ3) is 4.31. The molecule has 1 N–H and O–H groups in total. The lowest BCUT2D eigenvalue weighted by atomic mass is 9.73. The van der Waals surface area contributed by atoms with Gasteiger partial charge in [-0.2, -0.15) is 0 Å². The third-order valence-electron chi connectivity index (χ3n) is 9.29. The number of aryl methyl sites for hydroxylation is 2. The van der Waals surface area contributed by atoms with E-state index in [2.05, 4.69) is 0 Å². The lowest BCUT2D eigenvalue weighted by Gasteiger charge is -2.42. The number of rotatable bonds is 5. The van der Waals surface area contributed by atoms with Crippen molar-refractivity contribution in [3.05, 3.63) is 53.6 Å². The van der Waals surface area contributed by atoms with Crippen LogP contribution in [-0.2, 0) is 23.9 Å². The van der Waals surface area contributed by atoms with Crippen molar-refractivity contribution in [1.29, 1.82) is 0 Å². The van der Waals surface area contributed by atoms with Gasteiger partial charge in [-0.05, 0) is 62.6 Å². The van der Waals surface area contributed by atoms with Crippen LogP contribution < -0.4 is 4.90 Å². The highest BCUT2D eigenvalue weighted by Gasteiger charge is 2.76. The fourth-order valence-corrected chi connectivity index (χ4v) is 7.18. The number of likely N-dealkylation sites (tertiary alicyclic amines) is 1. The molecule has 8 nitrogen and oxygen atoms in total. The van der Waals surface area contributed by atoms with E-state index in [9.17, 15) is 19.5 Å². The van der Waals surface area contributed by atoms with E-state index in [1.54, 1.807) is 4.90 Å². The van der Waals surface area contributed by atoms with Gasteiger partial charge < -0.3 is 24.4 Å². The van der Waals surface area contributed by atoms with E-state index in [4.69, 9.17) is 9.47 Å². The number of carbonyl (C=O) groups is 3. The number of benzene rings is 1. The first kappa shape index (κ1) is 28.6. The molecule has 2 fully saturated rings. The number of aliphatic hydroxyl groups is 1. The van der Waals surface area contributed by atoms with Gasteiger partial charge in [0.25, 0.3) is 5.91 Å². The molecule has 40 heavy (non-hydrogen) atoms. The molecule has 1 unspecified atom stereocenters. The van der Waals surface area contributed by atoms with Crippen LogP contribution in [0, 0.1) is 31.6 Å². The van der Waals surface area contributed by atoms with Crippen LogP contribution in [0.25, 0.3) is 0 Å². The van der Waals surface area contributed by atoms with Gasteiger partial charge in [0.1, 0.15) is 23.2 Å². The number of cyclic esters (lactones) is 1. The van der Waals surface area contributed by atoms with Gasteiger partial charge in [0.05, 0.1) is 25.2 Å². The molecule has 0 aromatic heterocycles. The third-order valence-corrected chi connectivity index (χ3v) is 9.29. The van der Waals surface area contributed by atoms with Crippen LogP contribution in [0.2, 0.25) is 0 Å². The number of hydrogen-bond donors (Lipinski definition) is 1. The molecule has 1 aromatic carbocycles. The zero-order chi connectivity index (χ0) is 28.8. The summed E-state index contributed by atoms with van der Waals surface area (Å²) in [4.78, 5) is 46.3. The number of fused-ring (bicyclic) bond motifs is 2. The first-order chi connectivity index (χ1) is 19.1. The molecule has 1 aromatic rings. The van der Waals surface area contributed by atoms with Gasteiger partial charge in [0.2, 0.25) is 5.91 Å². The van der Waals surface area contributed by atoms with Gasteiger partial charge in [-0.1, -0.05) is 57.2 Å². The molecule has 8 heteroatoms. The van der Waals surface area contributed by atoms with Gasteiger partial charge in [-0.15, -0.1) is 0 Å². The van der Waals surface area contributed by atoms with Crippen LogP contribution in [0.4, 0.5) is 5.69 Å². The predicted octanol–water partition coefficient (Wildman–Crippen LogP) is 3.87. The van der Waals surface area contributed by atoms with Gasteiger partial charge >= 0.3 is 5.97 Å². The highest BCUT2D eigenvalue weighted by atomic mass is 16.6. The van der Waals surface area contributed by atoms with Crippen LogP contribution in [0.1, 0.15) is 57.6 Å². The molecule has 4 aliphatic heterocycles. The standard InChI is InChI=1S/C32H42N2O6/c1-6-31-14-9-7-8-10-17-39-30(38)26(31)25-28(36)34(24(19-35)20(2)3)27-29(37)33(16-11-15-32(25,27)40-31)23-18-21(4)12-13-22(23)5/h9,11-15,18,20,24-27,35H,6-8,10,16-17,19H2,1-5H3/b14-9-/t24-,25-,26-,27?,31+,32-/m0/s1. The Balaban J connectivity index is 1.72. The molecule has 5 rings (SSSR count). The zero-order valence-corrected chi connectivity index (χ0v) is 24.3. The summed E-state index contributed by atoms with van der Waals surface area (Å²) >= 11 is 0. The highest BCUT2D eigenvalue weighted by Crippen LogP contribution is 2.59. The fraction of sp³-hybridized carbons (Fsp3) is 0.594. The molecule has 216 valence electrons. The number of esters is 1. The number of hydrogen-bond acceptors (Lipinski definition) is 6. The molecule has 4 aliphatic rings. The number of nitrogens with zero attached hydrogens (tertiary/aromatic N) is 2. The molecule has 2 amide bonds. The predicted molar refractivity (Wildman–Crippen MR) is 152 cm³/mol. The van der Waals surface area contributed by atoms with Crippen molar-refractivity contribution in [3.63, 3.8) is 0 Å². The Kier molecular flexibility index (Phi) is 7.70. The summed E-state index contributed by atoms with van der Waals surface area (Å²) in [6.45, 7) is 10.0. The van der Waals surface area contributed by atoms with Gasteiger partial charge in [0, 0.05) is 12.2 Å². The Bertz CT molecular complexity index is 1240. The monoisotopic (exact) mass is 550 g/mol. The minimum atomic E-state index is -1.39. The number of aliphatic hydroxyl groups excluding tert-OH is 1. The Morgan fingerprint density at radius 1 is 1.05 bits per heavy atom.